The average molecular weight is 447 g/mol. The first kappa shape index (κ1) is 25.6. The minimum atomic E-state index is -0.770. The molecule has 1 aromatic carbocycles. The maximum atomic E-state index is 12.8. The molecule has 0 bridgehead atoms. The van der Waals surface area contributed by atoms with Gasteiger partial charge in [0.1, 0.15) is 6.04 Å². The van der Waals surface area contributed by atoms with Crippen molar-refractivity contribution < 1.29 is 14.3 Å². The van der Waals surface area contributed by atoms with Crippen LogP contribution in [0.5, 0.6) is 0 Å². The van der Waals surface area contributed by atoms with Crippen molar-refractivity contribution in [3.8, 4) is 0 Å². The van der Waals surface area contributed by atoms with Crippen molar-refractivity contribution in [1.82, 2.24) is 10.6 Å². The number of benzene rings is 1. The van der Waals surface area contributed by atoms with E-state index in [1.54, 1.807) is 19.2 Å². The maximum absolute atomic E-state index is 12.8. The Labute approximate surface area is 190 Å². The van der Waals surface area contributed by atoms with Gasteiger partial charge in [-0.1, -0.05) is 44.2 Å². The molecule has 32 heavy (non-hydrogen) atoms. The van der Waals surface area contributed by atoms with Crippen molar-refractivity contribution in [3.63, 3.8) is 0 Å². The van der Waals surface area contributed by atoms with Crippen LogP contribution in [0.4, 0.5) is 5.69 Å². The molecule has 0 saturated heterocycles. The first-order valence-electron chi connectivity index (χ1n) is 11.4. The molecule has 9 nitrogen and oxygen atoms in total. The second-order valence-corrected chi connectivity index (χ2v) is 8.44. The lowest BCUT2D eigenvalue weighted by molar-refractivity contribution is -0.130. The monoisotopic (exact) mass is 446 g/mol. The molecule has 0 aromatic heterocycles. The SMILES string of the molecule is COCCNC(=O)[C@H](CCC1CCCCC1)NC(=O)[C@@H](N)Cc1ccc(N=C(N)N)cc1. The third-order valence-corrected chi connectivity index (χ3v) is 5.81. The smallest absolute Gasteiger partial charge is 0.242 e. The highest BCUT2D eigenvalue weighted by molar-refractivity contribution is 5.89. The van der Waals surface area contributed by atoms with Crippen LogP contribution >= 0.6 is 0 Å². The van der Waals surface area contributed by atoms with Crippen LogP contribution in [0.2, 0.25) is 0 Å². The summed E-state index contributed by atoms with van der Waals surface area (Å²) < 4.78 is 5.00. The molecule has 1 saturated carbocycles. The maximum Gasteiger partial charge on any atom is 0.242 e. The fraction of sp³-hybridized carbons (Fsp3) is 0.609. The zero-order chi connectivity index (χ0) is 23.3. The van der Waals surface area contributed by atoms with Crippen LogP contribution in [0.1, 0.15) is 50.5 Å². The van der Waals surface area contributed by atoms with Gasteiger partial charge >= 0.3 is 0 Å². The van der Waals surface area contributed by atoms with E-state index >= 15 is 0 Å². The number of hydrogen-bond acceptors (Lipinski definition) is 5. The molecule has 0 spiro atoms. The van der Waals surface area contributed by atoms with E-state index in [9.17, 15) is 9.59 Å². The highest BCUT2D eigenvalue weighted by Crippen LogP contribution is 2.27. The Hall–Kier alpha value is -2.65. The van der Waals surface area contributed by atoms with Crippen LogP contribution in [0, 0.1) is 5.92 Å². The molecule has 2 atom stereocenters. The van der Waals surface area contributed by atoms with Gasteiger partial charge in [0.15, 0.2) is 5.96 Å². The molecule has 0 aliphatic heterocycles. The zero-order valence-corrected chi connectivity index (χ0v) is 19.0. The largest absolute Gasteiger partial charge is 0.383 e. The minimum Gasteiger partial charge on any atom is -0.383 e. The molecule has 178 valence electrons. The average Bonchev–Trinajstić information content (AvgIpc) is 2.78. The fourth-order valence-corrected chi connectivity index (χ4v) is 4.03. The molecule has 0 radical (unpaired) electrons. The Balaban J connectivity index is 1.93. The summed E-state index contributed by atoms with van der Waals surface area (Å²) in [6, 6.07) is 5.80. The third-order valence-electron chi connectivity index (χ3n) is 5.81. The van der Waals surface area contributed by atoms with Gasteiger partial charge in [-0.25, -0.2) is 4.99 Å². The van der Waals surface area contributed by atoms with E-state index in [2.05, 4.69) is 15.6 Å². The number of carbonyl (C=O) groups excluding carboxylic acids is 2. The summed E-state index contributed by atoms with van der Waals surface area (Å²) in [7, 11) is 1.58. The van der Waals surface area contributed by atoms with Crippen molar-refractivity contribution in [1.29, 1.82) is 0 Å². The van der Waals surface area contributed by atoms with Crippen molar-refractivity contribution in [3.05, 3.63) is 29.8 Å². The van der Waals surface area contributed by atoms with E-state index in [4.69, 9.17) is 21.9 Å². The third kappa shape index (κ3) is 9.23. The molecule has 0 unspecified atom stereocenters. The summed E-state index contributed by atoms with van der Waals surface area (Å²) in [4.78, 5) is 29.4. The number of nitrogens with two attached hydrogens (primary N) is 3. The molecule has 8 N–H and O–H groups in total. The Kier molecular flexibility index (Phi) is 11.0. The van der Waals surface area contributed by atoms with Gasteiger partial charge < -0.3 is 32.6 Å². The summed E-state index contributed by atoms with van der Waals surface area (Å²) >= 11 is 0. The van der Waals surface area contributed by atoms with E-state index in [0.717, 1.165) is 12.0 Å². The number of aliphatic imine (C=N–C) groups is 1. The number of methoxy groups -OCH3 is 1. The Morgan fingerprint density at radius 2 is 1.81 bits per heavy atom. The predicted octanol–water partition coefficient (Wildman–Crippen LogP) is 1.07. The van der Waals surface area contributed by atoms with Crippen LogP contribution in [0.15, 0.2) is 29.3 Å². The second kappa shape index (κ2) is 13.7. The van der Waals surface area contributed by atoms with Gasteiger partial charge in [0.2, 0.25) is 11.8 Å². The van der Waals surface area contributed by atoms with E-state index < -0.39 is 12.1 Å². The summed E-state index contributed by atoms with van der Waals surface area (Å²) in [5, 5.41) is 5.70. The van der Waals surface area contributed by atoms with Crippen LogP contribution in [-0.4, -0.2) is 50.1 Å². The van der Waals surface area contributed by atoms with E-state index in [1.165, 1.54) is 32.1 Å². The normalized spacial score (nSPS) is 16.1. The number of nitrogens with zero attached hydrogens (tertiary/aromatic N) is 1. The molecule has 1 fully saturated rings. The molecule has 1 aromatic rings. The van der Waals surface area contributed by atoms with Gasteiger partial charge in [-0.2, -0.15) is 0 Å². The lowest BCUT2D eigenvalue weighted by atomic mass is 9.85. The van der Waals surface area contributed by atoms with Gasteiger partial charge in [0.05, 0.1) is 18.3 Å². The number of ether oxygens (including phenoxy) is 1. The molecule has 2 rings (SSSR count). The lowest BCUT2D eigenvalue weighted by Crippen LogP contribution is -2.52. The first-order chi connectivity index (χ1) is 15.4. The van der Waals surface area contributed by atoms with Gasteiger partial charge in [0, 0.05) is 13.7 Å². The topological polar surface area (TPSA) is 158 Å². The summed E-state index contributed by atoms with van der Waals surface area (Å²) in [5.74, 6) is 0.0676. The highest BCUT2D eigenvalue weighted by Gasteiger charge is 2.25. The molecule has 1 aliphatic rings. The minimum absolute atomic E-state index is 0.0168. The molecule has 9 heteroatoms. The number of nitrogens with one attached hydrogen (secondary N) is 2. The zero-order valence-electron chi connectivity index (χ0n) is 19.0. The summed E-state index contributed by atoms with van der Waals surface area (Å²) in [6.07, 6.45) is 8.04. The van der Waals surface area contributed by atoms with Gasteiger partial charge in [-0.15, -0.1) is 0 Å². The first-order valence-corrected chi connectivity index (χ1v) is 11.4. The molecular formula is C23H38N6O3. The van der Waals surface area contributed by atoms with E-state index in [1.807, 2.05) is 12.1 Å². The van der Waals surface area contributed by atoms with Crippen LogP contribution in [0.3, 0.4) is 0 Å². The highest BCUT2D eigenvalue weighted by atomic mass is 16.5. The Bertz CT molecular complexity index is 743. The number of carbonyl (C=O) groups is 2. The van der Waals surface area contributed by atoms with Crippen molar-refractivity contribution in [2.75, 3.05) is 20.3 Å². The number of rotatable bonds is 12. The Morgan fingerprint density at radius 3 is 2.44 bits per heavy atom. The quantitative estimate of drug-likeness (QED) is 0.183. The molecule has 1 aliphatic carbocycles. The molecule has 0 heterocycles. The fourth-order valence-electron chi connectivity index (χ4n) is 4.03. The van der Waals surface area contributed by atoms with Gasteiger partial charge in [-0.05, 0) is 42.9 Å². The van der Waals surface area contributed by atoms with Crippen molar-refractivity contribution >= 4 is 23.5 Å². The number of hydrogen-bond donors (Lipinski definition) is 5. The second-order valence-electron chi connectivity index (χ2n) is 8.44. The lowest BCUT2D eigenvalue weighted by Gasteiger charge is -2.25. The van der Waals surface area contributed by atoms with E-state index in [0.29, 0.717) is 37.6 Å². The van der Waals surface area contributed by atoms with Crippen molar-refractivity contribution in [2.45, 2.75) is 63.5 Å². The van der Waals surface area contributed by atoms with Crippen LogP contribution in [-0.2, 0) is 20.7 Å². The van der Waals surface area contributed by atoms with Gasteiger partial charge in [-0.3, -0.25) is 9.59 Å². The summed E-state index contributed by atoms with van der Waals surface area (Å²) in [5.41, 5.74) is 18.4. The van der Waals surface area contributed by atoms with E-state index in [-0.39, 0.29) is 17.8 Å². The standard InChI is InChI=1S/C23H38N6O3/c1-32-14-13-27-22(31)20(12-9-16-5-3-2-4-6-16)29-21(30)19(24)15-17-7-10-18(11-8-17)28-23(25)26/h7-8,10-11,16,19-20H,2-6,9,12-15,24H2,1H3,(H,27,31)(H,29,30)(H4,25,26,28)/t19-,20-/m0/s1. The summed E-state index contributed by atoms with van der Waals surface area (Å²) in [6.45, 7) is 0.823. The number of guanidine groups is 1. The van der Waals surface area contributed by atoms with Gasteiger partial charge in [0.25, 0.3) is 0 Å². The molecular weight excluding hydrogens is 408 g/mol. The Morgan fingerprint density at radius 1 is 1.12 bits per heavy atom. The molecule has 2 amide bonds. The van der Waals surface area contributed by atoms with Crippen LogP contribution < -0.4 is 27.8 Å². The van der Waals surface area contributed by atoms with Crippen molar-refractivity contribution in [2.24, 2.45) is 28.1 Å². The number of amides is 2. The van der Waals surface area contributed by atoms with Crippen LogP contribution in [0.25, 0.3) is 0 Å². The predicted molar refractivity (Wildman–Crippen MR) is 126 cm³/mol.